The van der Waals surface area contributed by atoms with Crippen molar-refractivity contribution in [1.29, 1.82) is 10.5 Å². The smallest absolute Gasteiger partial charge is 0.293 e. The van der Waals surface area contributed by atoms with Gasteiger partial charge in [-0.1, -0.05) is 6.07 Å². The van der Waals surface area contributed by atoms with Gasteiger partial charge in [0.05, 0.1) is 4.92 Å². The van der Waals surface area contributed by atoms with E-state index in [1.54, 1.807) is 24.3 Å². The van der Waals surface area contributed by atoms with Gasteiger partial charge in [0.1, 0.15) is 23.4 Å². The Balaban J connectivity index is 3.16. The monoisotopic (exact) mass is 340 g/mol. The van der Waals surface area contributed by atoms with Gasteiger partial charge in [0.25, 0.3) is 5.69 Å². The van der Waals surface area contributed by atoms with Crippen molar-refractivity contribution in [2.24, 2.45) is 0 Å². The quantitative estimate of drug-likeness (QED) is 0.394. The van der Waals surface area contributed by atoms with Crippen LogP contribution in [0.3, 0.4) is 0 Å². The zero-order chi connectivity index (χ0) is 12.8. The van der Waals surface area contributed by atoms with Crippen molar-refractivity contribution in [3.8, 4) is 12.1 Å². The maximum atomic E-state index is 10.8. The Hall–Kier alpha value is -2.13. The summed E-state index contributed by atoms with van der Waals surface area (Å²) in [6.45, 7) is 0. The molecule has 1 rings (SSSR count). The van der Waals surface area contributed by atoms with Crippen molar-refractivity contribution >= 4 is 34.0 Å². The molecule has 0 saturated heterocycles. The molecule has 0 heterocycles. The minimum atomic E-state index is -0.531. The summed E-state index contributed by atoms with van der Waals surface area (Å²) in [6, 6.07) is 7.90. The fourth-order valence-corrected chi connectivity index (χ4v) is 1.68. The molecular formula is C10H5IN4O2. The van der Waals surface area contributed by atoms with Gasteiger partial charge in [-0.15, -0.1) is 0 Å². The van der Waals surface area contributed by atoms with Gasteiger partial charge in [-0.05, 0) is 28.7 Å². The van der Waals surface area contributed by atoms with Crippen LogP contribution in [0, 0.1) is 36.3 Å². The number of halogens is 1. The number of nitriles is 2. The van der Waals surface area contributed by atoms with Crippen molar-refractivity contribution in [3.05, 3.63) is 43.7 Å². The lowest BCUT2D eigenvalue weighted by atomic mass is 10.2. The molecule has 84 valence electrons. The van der Waals surface area contributed by atoms with Crippen LogP contribution in [-0.2, 0) is 0 Å². The Kier molecular flexibility index (Phi) is 4.43. The van der Waals surface area contributed by atoms with Crippen molar-refractivity contribution < 1.29 is 4.92 Å². The first-order valence-electron chi connectivity index (χ1n) is 4.30. The van der Waals surface area contributed by atoms with Crippen LogP contribution in [0.1, 0.15) is 0 Å². The lowest BCUT2D eigenvalue weighted by Crippen LogP contribution is -1.98. The van der Waals surface area contributed by atoms with Gasteiger partial charge in [-0.2, -0.15) is 10.5 Å². The molecule has 0 unspecified atom stereocenters. The van der Waals surface area contributed by atoms with Gasteiger partial charge in [-0.3, -0.25) is 10.1 Å². The minimum Gasteiger partial charge on any atom is -0.353 e. The van der Waals surface area contributed by atoms with Crippen LogP contribution < -0.4 is 5.32 Å². The summed E-state index contributed by atoms with van der Waals surface area (Å²) >= 11 is 1.93. The number of anilines is 1. The highest BCUT2D eigenvalue weighted by molar-refractivity contribution is 14.1. The molecule has 0 radical (unpaired) electrons. The Labute approximate surface area is 110 Å². The SMILES string of the molecule is N#CC(C#N)=CNc1c(I)cccc1[N+](=O)[O-]. The maximum absolute atomic E-state index is 10.8. The van der Waals surface area contributed by atoms with Crippen molar-refractivity contribution in [2.45, 2.75) is 0 Å². The summed E-state index contributed by atoms with van der Waals surface area (Å²) in [5, 5.41) is 30.4. The van der Waals surface area contributed by atoms with E-state index in [0.717, 1.165) is 6.20 Å². The topological polar surface area (TPSA) is 103 Å². The second-order valence-electron chi connectivity index (χ2n) is 2.82. The van der Waals surface area contributed by atoms with E-state index in [4.69, 9.17) is 10.5 Å². The van der Waals surface area contributed by atoms with E-state index in [0.29, 0.717) is 3.57 Å². The Bertz CT molecular complexity index is 553. The predicted molar refractivity (Wildman–Crippen MR) is 68.7 cm³/mol. The molecule has 17 heavy (non-hydrogen) atoms. The van der Waals surface area contributed by atoms with Gasteiger partial charge in [0.2, 0.25) is 0 Å². The summed E-state index contributed by atoms with van der Waals surface area (Å²) < 4.78 is 0.628. The molecule has 1 N–H and O–H groups in total. The summed E-state index contributed by atoms with van der Waals surface area (Å²) in [4.78, 5) is 10.2. The summed E-state index contributed by atoms with van der Waals surface area (Å²) in [7, 11) is 0. The molecule has 0 aliphatic rings. The van der Waals surface area contributed by atoms with E-state index in [9.17, 15) is 10.1 Å². The van der Waals surface area contributed by atoms with Crippen molar-refractivity contribution in [1.82, 2.24) is 0 Å². The number of nitrogens with one attached hydrogen (secondary N) is 1. The van der Waals surface area contributed by atoms with E-state index in [-0.39, 0.29) is 16.9 Å². The van der Waals surface area contributed by atoms with Crippen LogP contribution in [-0.4, -0.2) is 4.92 Å². The van der Waals surface area contributed by atoms with Crippen LogP contribution in [0.15, 0.2) is 30.0 Å². The lowest BCUT2D eigenvalue weighted by molar-refractivity contribution is -0.384. The molecule has 0 saturated carbocycles. The molecule has 0 aromatic heterocycles. The number of allylic oxidation sites excluding steroid dienone is 1. The average Bonchev–Trinajstić information content (AvgIpc) is 2.31. The molecule has 1 aromatic rings. The highest BCUT2D eigenvalue weighted by Crippen LogP contribution is 2.29. The molecule has 6 nitrogen and oxygen atoms in total. The van der Waals surface area contributed by atoms with Crippen LogP contribution in [0.4, 0.5) is 11.4 Å². The number of rotatable bonds is 3. The Morgan fingerprint density at radius 3 is 2.65 bits per heavy atom. The first-order chi connectivity index (χ1) is 8.10. The molecule has 0 amide bonds. The molecular weight excluding hydrogens is 335 g/mol. The fraction of sp³-hybridized carbons (Fsp3) is 0. The third-order valence-corrected chi connectivity index (χ3v) is 2.69. The van der Waals surface area contributed by atoms with E-state index >= 15 is 0 Å². The summed E-state index contributed by atoms with van der Waals surface area (Å²) in [5.41, 5.74) is 0.00318. The first kappa shape index (κ1) is 12.9. The van der Waals surface area contributed by atoms with E-state index in [1.165, 1.54) is 6.07 Å². The van der Waals surface area contributed by atoms with Crippen molar-refractivity contribution in [2.75, 3.05) is 5.32 Å². The number of benzene rings is 1. The minimum absolute atomic E-state index is 0.108. The summed E-state index contributed by atoms with van der Waals surface area (Å²) in [6.07, 6.45) is 1.14. The fourth-order valence-electron chi connectivity index (χ4n) is 1.04. The third-order valence-electron chi connectivity index (χ3n) is 1.79. The summed E-state index contributed by atoms with van der Waals surface area (Å²) in [5.74, 6) is 0. The first-order valence-corrected chi connectivity index (χ1v) is 5.38. The third kappa shape index (κ3) is 3.16. The largest absolute Gasteiger partial charge is 0.353 e. The number of hydrogen-bond donors (Lipinski definition) is 1. The number of nitro benzene ring substituents is 1. The second-order valence-corrected chi connectivity index (χ2v) is 3.98. The second kappa shape index (κ2) is 5.82. The molecule has 0 fully saturated rings. The van der Waals surface area contributed by atoms with Crippen LogP contribution in [0.5, 0.6) is 0 Å². The van der Waals surface area contributed by atoms with Gasteiger partial charge in [0.15, 0.2) is 0 Å². The Morgan fingerprint density at radius 1 is 1.47 bits per heavy atom. The molecule has 0 bridgehead atoms. The molecule has 0 aliphatic heterocycles. The highest BCUT2D eigenvalue weighted by Gasteiger charge is 2.15. The number of hydrogen-bond acceptors (Lipinski definition) is 5. The highest BCUT2D eigenvalue weighted by atomic mass is 127. The average molecular weight is 340 g/mol. The van der Waals surface area contributed by atoms with Gasteiger partial charge in [0, 0.05) is 15.8 Å². The molecule has 0 spiro atoms. The number of nitrogens with zero attached hydrogens (tertiary/aromatic N) is 3. The van der Waals surface area contributed by atoms with Gasteiger partial charge >= 0.3 is 0 Å². The molecule has 7 heteroatoms. The van der Waals surface area contributed by atoms with Crippen molar-refractivity contribution in [3.63, 3.8) is 0 Å². The maximum Gasteiger partial charge on any atom is 0.293 e. The number of para-hydroxylation sites is 1. The van der Waals surface area contributed by atoms with E-state index < -0.39 is 4.92 Å². The molecule has 0 atom stereocenters. The van der Waals surface area contributed by atoms with Crippen LogP contribution >= 0.6 is 22.6 Å². The van der Waals surface area contributed by atoms with Gasteiger partial charge in [-0.25, -0.2) is 0 Å². The van der Waals surface area contributed by atoms with Crippen LogP contribution in [0.25, 0.3) is 0 Å². The predicted octanol–water partition coefficient (Wildman–Crippen LogP) is 2.54. The van der Waals surface area contributed by atoms with Gasteiger partial charge < -0.3 is 5.32 Å². The number of nitro groups is 1. The van der Waals surface area contributed by atoms with E-state index in [2.05, 4.69) is 5.32 Å². The van der Waals surface area contributed by atoms with Crippen LogP contribution in [0.2, 0.25) is 0 Å². The molecule has 1 aromatic carbocycles. The zero-order valence-corrected chi connectivity index (χ0v) is 10.5. The standard InChI is InChI=1S/C10H5IN4O2/c11-8-2-1-3-9(15(16)17)10(8)14-6-7(4-12)5-13/h1-3,6,14H. The lowest BCUT2D eigenvalue weighted by Gasteiger charge is -2.04. The van der Waals surface area contributed by atoms with E-state index in [1.807, 2.05) is 22.6 Å². The normalized spacial score (nSPS) is 8.65. The Morgan fingerprint density at radius 2 is 2.12 bits per heavy atom. The molecule has 0 aliphatic carbocycles. The zero-order valence-electron chi connectivity index (χ0n) is 8.35.